The lowest BCUT2D eigenvalue weighted by molar-refractivity contribution is 0.0523. The molecule has 0 aliphatic carbocycles. The molecule has 4 rings (SSSR count). The zero-order chi connectivity index (χ0) is 20.4. The standard InChI is InChI=1S/C21H22N6O2/c1-21(2,3)29-20(28)22-12-14-8-10-15(11-9-14)27-13-18(24-26-27)19-16-6-4-5-7-17(16)23-25-19/h4-11,13H,12H2,1-3H3,(H,22,28)(H,23,25). The Morgan fingerprint density at radius 2 is 1.90 bits per heavy atom. The molecular weight excluding hydrogens is 368 g/mol. The summed E-state index contributed by atoms with van der Waals surface area (Å²) >= 11 is 0. The van der Waals surface area contributed by atoms with Crippen LogP contribution in [0.15, 0.2) is 54.7 Å². The number of hydrogen-bond donors (Lipinski definition) is 2. The molecule has 2 aromatic heterocycles. The Labute approximate surface area is 167 Å². The van der Waals surface area contributed by atoms with Gasteiger partial charge in [-0.2, -0.15) is 5.10 Å². The average molecular weight is 390 g/mol. The first-order valence-corrected chi connectivity index (χ1v) is 9.31. The first-order valence-electron chi connectivity index (χ1n) is 9.31. The largest absolute Gasteiger partial charge is 0.444 e. The lowest BCUT2D eigenvalue weighted by Gasteiger charge is -2.19. The summed E-state index contributed by atoms with van der Waals surface area (Å²) in [6, 6.07) is 15.6. The number of aromatic amines is 1. The van der Waals surface area contributed by atoms with Crippen LogP contribution >= 0.6 is 0 Å². The van der Waals surface area contributed by atoms with Gasteiger partial charge in [0.05, 0.1) is 17.4 Å². The monoisotopic (exact) mass is 390 g/mol. The zero-order valence-corrected chi connectivity index (χ0v) is 16.5. The van der Waals surface area contributed by atoms with Crippen LogP contribution in [0.4, 0.5) is 4.79 Å². The maximum absolute atomic E-state index is 11.8. The summed E-state index contributed by atoms with van der Waals surface area (Å²) in [5.74, 6) is 0. The first kappa shape index (κ1) is 18.7. The van der Waals surface area contributed by atoms with Gasteiger partial charge < -0.3 is 10.1 Å². The van der Waals surface area contributed by atoms with Crippen LogP contribution in [0.1, 0.15) is 26.3 Å². The Morgan fingerprint density at radius 1 is 1.14 bits per heavy atom. The van der Waals surface area contributed by atoms with E-state index in [0.717, 1.165) is 27.8 Å². The molecule has 148 valence electrons. The molecule has 2 aromatic carbocycles. The number of rotatable bonds is 4. The fourth-order valence-corrected chi connectivity index (χ4v) is 2.91. The number of ether oxygens (including phenoxy) is 1. The van der Waals surface area contributed by atoms with Crippen molar-refractivity contribution in [1.29, 1.82) is 0 Å². The van der Waals surface area contributed by atoms with Crippen LogP contribution in [0.2, 0.25) is 0 Å². The van der Waals surface area contributed by atoms with Crippen molar-refractivity contribution in [2.24, 2.45) is 0 Å². The molecule has 4 aromatic rings. The van der Waals surface area contributed by atoms with E-state index in [4.69, 9.17) is 4.74 Å². The van der Waals surface area contributed by atoms with E-state index >= 15 is 0 Å². The summed E-state index contributed by atoms with van der Waals surface area (Å²) in [7, 11) is 0. The van der Waals surface area contributed by atoms with Crippen LogP contribution in [0.25, 0.3) is 28.0 Å². The minimum Gasteiger partial charge on any atom is -0.444 e. The minimum atomic E-state index is -0.515. The number of H-pyrrole nitrogens is 1. The molecule has 0 spiro atoms. The molecule has 1 amide bonds. The number of hydrogen-bond acceptors (Lipinski definition) is 5. The van der Waals surface area contributed by atoms with Crippen LogP contribution < -0.4 is 5.32 Å². The number of carbonyl (C=O) groups excluding carboxylic acids is 1. The molecule has 0 fully saturated rings. The van der Waals surface area contributed by atoms with Gasteiger partial charge in [-0.1, -0.05) is 35.5 Å². The molecule has 0 bridgehead atoms. The van der Waals surface area contributed by atoms with E-state index in [-0.39, 0.29) is 0 Å². The third-order valence-corrected chi connectivity index (χ3v) is 4.24. The molecule has 8 heteroatoms. The molecule has 29 heavy (non-hydrogen) atoms. The molecule has 0 saturated carbocycles. The van der Waals surface area contributed by atoms with E-state index in [2.05, 4.69) is 25.8 Å². The highest BCUT2D eigenvalue weighted by Gasteiger charge is 2.16. The smallest absolute Gasteiger partial charge is 0.407 e. The van der Waals surface area contributed by atoms with Gasteiger partial charge in [-0.05, 0) is 44.5 Å². The lowest BCUT2D eigenvalue weighted by atomic mass is 10.2. The highest BCUT2D eigenvalue weighted by Crippen LogP contribution is 2.24. The van der Waals surface area contributed by atoms with Crippen LogP contribution in [-0.4, -0.2) is 36.9 Å². The number of fused-ring (bicyclic) bond motifs is 1. The lowest BCUT2D eigenvalue weighted by Crippen LogP contribution is -2.32. The Morgan fingerprint density at radius 3 is 2.66 bits per heavy atom. The molecule has 0 aliphatic heterocycles. The van der Waals surface area contributed by atoms with E-state index in [1.54, 1.807) is 4.68 Å². The Balaban J connectivity index is 1.45. The van der Waals surface area contributed by atoms with Crippen molar-refractivity contribution in [2.75, 3.05) is 0 Å². The van der Waals surface area contributed by atoms with E-state index < -0.39 is 11.7 Å². The van der Waals surface area contributed by atoms with Crippen molar-refractivity contribution in [3.8, 4) is 17.1 Å². The van der Waals surface area contributed by atoms with Crippen molar-refractivity contribution >= 4 is 17.0 Å². The SMILES string of the molecule is CC(C)(C)OC(=O)NCc1ccc(-n2cc(-c3n[nH]c4ccccc34)nn2)cc1. The highest BCUT2D eigenvalue weighted by molar-refractivity contribution is 5.91. The number of alkyl carbamates (subject to hydrolysis) is 1. The van der Waals surface area contributed by atoms with Crippen LogP contribution in [-0.2, 0) is 11.3 Å². The minimum absolute atomic E-state index is 0.386. The topological polar surface area (TPSA) is 97.7 Å². The summed E-state index contributed by atoms with van der Waals surface area (Å²) in [6.07, 6.45) is 1.41. The first-order chi connectivity index (χ1) is 13.9. The highest BCUT2D eigenvalue weighted by atomic mass is 16.6. The molecule has 8 nitrogen and oxygen atoms in total. The summed E-state index contributed by atoms with van der Waals surface area (Å²) in [5, 5.41) is 19.6. The quantitative estimate of drug-likeness (QED) is 0.552. The van der Waals surface area contributed by atoms with E-state index in [1.807, 2.05) is 75.5 Å². The third kappa shape index (κ3) is 4.26. The molecule has 0 radical (unpaired) electrons. The van der Waals surface area contributed by atoms with Gasteiger partial charge in [0.25, 0.3) is 0 Å². The maximum Gasteiger partial charge on any atom is 0.407 e. The van der Waals surface area contributed by atoms with Crippen LogP contribution in [0.5, 0.6) is 0 Å². The van der Waals surface area contributed by atoms with Gasteiger partial charge in [0.15, 0.2) is 0 Å². The Bertz CT molecular complexity index is 1140. The summed E-state index contributed by atoms with van der Waals surface area (Å²) in [6.45, 7) is 5.88. The third-order valence-electron chi connectivity index (χ3n) is 4.24. The van der Waals surface area contributed by atoms with Crippen molar-refractivity contribution in [1.82, 2.24) is 30.5 Å². The predicted molar refractivity (Wildman–Crippen MR) is 110 cm³/mol. The molecule has 0 unspecified atom stereocenters. The molecule has 2 heterocycles. The number of amides is 1. The van der Waals surface area contributed by atoms with E-state index in [1.165, 1.54) is 0 Å². The van der Waals surface area contributed by atoms with Gasteiger partial charge in [0.2, 0.25) is 0 Å². The van der Waals surface area contributed by atoms with E-state index in [9.17, 15) is 4.79 Å². The van der Waals surface area contributed by atoms with Gasteiger partial charge in [0.1, 0.15) is 17.0 Å². The zero-order valence-electron chi connectivity index (χ0n) is 16.5. The molecule has 0 atom stereocenters. The molecular formula is C21H22N6O2. The second-order valence-corrected chi connectivity index (χ2v) is 7.69. The van der Waals surface area contributed by atoms with Gasteiger partial charge in [0, 0.05) is 11.9 Å². The number of nitrogens with zero attached hydrogens (tertiary/aromatic N) is 4. The van der Waals surface area contributed by atoms with Crippen molar-refractivity contribution in [2.45, 2.75) is 32.9 Å². The number of para-hydroxylation sites is 1. The fourth-order valence-electron chi connectivity index (χ4n) is 2.91. The van der Waals surface area contributed by atoms with Crippen LogP contribution in [0.3, 0.4) is 0 Å². The second kappa shape index (κ2) is 7.38. The normalized spacial score (nSPS) is 11.6. The maximum atomic E-state index is 11.8. The van der Waals surface area contributed by atoms with E-state index in [0.29, 0.717) is 12.2 Å². The predicted octanol–water partition coefficient (Wildman–Crippen LogP) is 3.84. The molecule has 0 aliphatic rings. The summed E-state index contributed by atoms with van der Waals surface area (Å²) < 4.78 is 6.94. The number of aromatic nitrogens is 5. The van der Waals surface area contributed by atoms with Crippen molar-refractivity contribution < 1.29 is 9.53 Å². The fraction of sp³-hybridized carbons (Fsp3) is 0.238. The summed E-state index contributed by atoms with van der Waals surface area (Å²) in [4.78, 5) is 11.8. The number of nitrogens with one attached hydrogen (secondary N) is 2. The van der Waals surface area contributed by atoms with Gasteiger partial charge >= 0.3 is 6.09 Å². The Kier molecular flexibility index (Phi) is 4.75. The molecule has 0 saturated heterocycles. The van der Waals surface area contributed by atoms with Crippen molar-refractivity contribution in [3.63, 3.8) is 0 Å². The molecule has 2 N–H and O–H groups in total. The number of benzene rings is 2. The van der Waals surface area contributed by atoms with Gasteiger partial charge in [-0.3, -0.25) is 5.10 Å². The Hall–Kier alpha value is -3.68. The van der Waals surface area contributed by atoms with Gasteiger partial charge in [-0.15, -0.1) is 5.10 Å². The second-order valence-electron chi connectivity index (χ2n) is 7.69. The van der Waals surface area contributed by atoms with Crippen molar-refractivity contribution in [3.05, 3.63) is 60.3 Å². The average Bonchev–Trinajstić information content (AvgIpc) is 3.32. The van der Waals surface area contributed by atoms with Crippen LogP contribution in [0, 0.1) is 0 Å². The number of carbonyl (C=O) groups is 1. The van der Waals surface area contributed by atoms with Gasteiger partial charge in [-0.25, -0.2) is 9.48 Å². The summed E-state index contributed by atoms with van der Waals surface area (Å²) in [5.41, 5.74) is 3.73.